The van der Waals surface area contributed by atoms with E-state index in [0.717, 1.165) is 16.7 Å². The molecular weight excluding hydrogens is 327 g/mol. The number of halogens is 1. The number of anilines is 1. The fraction of sp³-hybridized carbons (Fsp3) is 0. The van der Waals surface area contributed by atoms with E-state index in [9.17, 15) is 0 Å². The van der Waals surface area contributed by atoms with Crippen LogP contribution in [-0.2, 0) is 0 Å². The Kier molecular flexibility index (Phi) is 2.51. The number of nitrogens with zero attached hydrogens (tertiary/aromatic N) is 1. The summed E-state index contributed by atoms with van der Waals surface area (Å²) < 4.78 is 6.87. The van der Waals surface area contributed by atoms with Crippen LogP contribution in [0.3, 0.4) is 0 Å². The molecule has 0 aliphatic heterocycles. The van der Waals surface area contributed by atoms with Crippen LogP contribution in [0.2, 0.25) is 0 Å². The molecule has 0 bridgehead atoms. The molecule has 1 aromatic heterocycles. The number of benzene rings is 2. The van der Waals surface area contributed by atoms with E-state index < -0.39 is 0 Å². The van der Waals surface area contributed by atoms with E-state index in [0.29, 0.717) is 11.6 Å². The number of rotatable bonds is 1. The molecule has 0 aliphatic carbocycles. The molecule has 4 heteroatoms. The number of oxazole rings is 1. The second kappa shape index (κ2) is 4.03. The Bertz CT molecular complexity index is 673. The minimum Gasteiger partial charge on any atom is -0.436 e. The Labute approximate surface area is 112 Å². The van der Waals surface area contributed by atoms with Crippen molar-refractivity contribution in [2.75, 3.05) is 5.73 Å². The van der Waals surface area contributed by atoms with Crippen molar-refractivity contribution in [3.05, 3.63) is 46.0 Å². The van der Waals surface area contributed by atoms with Gasteiger partial charge in [-0.25, -0.2) is 4.98 Å². The van der Waals surface area contributed by atoms with Gasteiger partial charge in [-0.1, -0.05) is 0 Å². The average molecular weight is 336 g/mol. The zero-order chi connectivity index (χ0) is 11.8. The third kappa shape index (κ3) is 2.00. The van der Waals surface area contributed by atoms with Gasteiger partial charge >= 0.3 is 0 Å². The van der Waals surface area contributed by atoms with Crippen molar-refractivity contribution in [2.24, 2.45) is 0 Å². The molecule has 0 amide bonds. The minimum absolute atomic E-state index is 0.627. The van der Waals surface area contributed by atoms with Crippen LogP contribution in [-0.4, -0.2) is 4.98 Å². The molecule has 0 radical (unpaired) electrons. The Morgan fingerprint density at radius 1 is 1.06 bits per heavy atom. The van der Waals surface area contributed by atoms with Crippen molar-refractivity contribution in [2.45, 2.75) is 0 Å². The van der Waals surface area contributed by atoms with Crippen LogP contribution in [0, 0.1) is 3.57 Å². The monoisotopic (exact) mass is 336 g/mol. The lowest BCUT2D eigenvalue weighted by atomic mass is 10.2. The predicted molar refractivity (Wildman–Crippen MR) is 76.6 cm³/mol. The van der Waals surface area contributed by atoms with E-state index in [-0.39, 0.29) is 0 Å². The number of hydrogen-bond donors (Lipinski definition) is 1. The quantitative estimate of drug-likeness (QED) is 0.545. The summed E-state index contributed by atoms with van der Waals surface area (Å²) in [4.78, 5) is 4.42. The van der Waals surface area contributed by atoms with Crippen molar-refractivity contribution in [1.82, 2.24) is 4.98 Å². The van der Waals surface area contributed by atoms with E-state index in [4.69, 9.17) is 10.2 Å². The van der Waals surface area contributed by atoms with Crippen LogP contribution in [0.1, 0.15) is 0 Å². The van der Waals surface area contributed by atoms with Gasteiger partial charge in [0.2, 0.25) is 5.89 Å². The van der Waals surface area contributed by atoms with Gasteiger partial charge in [-0.3, -0.25) is 0 Å². The largest absolute Gasteiger partial charge is 0.436 e. The van der Waals surface area contributed by atoms with Crippen LogP contribution in [0.4, 0.5) is 5.69 Å². The van der Waals surface area contributed by atoms with Gasteiger partial charge in [-0.15, -0.1) is 0 Å². The van der Waals surface area contributed by atoms with Gasteiger partial charge in [0.15, 0.2) is 5.58 Å². The van der Waals surface area contributed by atoms with Crippen molar-refractivity contribution >= 4 is 39.4 Å². The van der Waals surface area contributed by atoms with Crippen LogP contribution < -0.4 is 5.73 Å². The summed E-state index contributed by atoms with van der Waals surface area (Å²) in [5, 5.41) is 0. The molecule has 0 spiro atoms. The highest BCUT2D eigenvalue weighted by Crippen LogP contribution is 2.25. The molecular formula is C13H9IN2O. The summed E-state index contributed by atoms with van der Waals surface area (Å²) in [5.41, 5.74) is 8.92. The molecule has 0 atom stereocenters. The molecule has 3 rings (SSSR count). The standard InChI is InChI=1S/C13H9IN2O/c14-9-3-1-8(2-4-9)13-16-11-7-10(15)5-6-12(11)17-13/h1-7H,15H2. The highest BCUT2D eigenvalue weighted by molar-refractivity contribution is 14.1. The molecule has 1 heterocycles. The molecule has 0 saturated heterocycles. The molecule has 3 nitrogen and oxygen atoms in total. The maximum absolute atomic E-state index is 5.71. The van der Waals surface area contributed by atoms with Gasteiger partial charge in [0.05, 0.1) is 0 Å². The molecule has 0 fully saturated rings. The van der Waals surface area contributed by atoms with Gasteiger partial charge < -0.3 is 10.2 Å². The molecule has 84 valence electrons. The molecule has 2 N–H and O–H groups in total. The van der Waals surface area contributed by atoms with Gasteiger partial charge in [0.25, 0.3) is 0 Å². The third-order valence-corrected chi connectivity index (χ3v) is 3.22. The highest BCUT2D eigenvalue weighted by atomic mass is 127. The van der Waals surface area contributed by atoms with Gasteiger partial charge in [-0.05, 0) is 65.1 Å². The molecule has 17 heavy (non-hydrogen) atoms. The second-order valence-electron chi connectivity index (χ2n) is 3.75. The predicted octanol–water partition coefficient (Wildman–Crippen LogP) is 3.68. The minimum atomic E-state index is 0.627. The Balaban J connectivity index is 2.14. The van der Waals surface area contributed by atoms with Crippen molar-refractivity contribution < 1.29 is 4.42 Å². The smallest absolute Gasteiger partial charge is 0.227 e. The summed E-state index contributed by atoms with van der Waals surface area (Å²) in [6.07, 6.45) is 0. The number of aromatic nitrogens is 1. The molecule has 3 aromatic rings. The van der Waals surface area contributed by atoms with Crippen molar-refractivity contribution in [3.63, 3.8) is 0 Å². The van der Waals surface area contributed by atoms with E-state index in [1.807, 2.05) is 42.5 Å². The SMILES string of the molecule is Nc1ccc2oc(-c3ccc(I)cc3)nc2c1. The lowest BCUT2D eigenvalue weighted by Gasteiger charge is -1.94. The van der Waals surface area contributed by atoms with E-state index in [1.165, 1.54) is 3.57 Å². The molecule has 0 aliphatic rings. The van der Waals surface area contributed by atoms with E-state index in [2.05, 4.69) is 27.6 Å². The number of nitrogens with two attached hydrogens (primary N) is 1. The summed E-state index contributed by atoms with van der Waals surface area (Å²) in [7, 11) is 0. The zero-order valence-electron chi connectivity index (χ0n) is 8.85. The first kappa shape index (κ1) is 10.6. The topological polar surface area (TPSA) is 52.0 Å². The first-order valence-electron chi connectivity index (χ1n) is 5.14. The Morgan fingerprint density at radius 3 is 2.59 bits per heavy atom. The summed E-state index contributed by atoms with van der Waals surface area (Å²) in [5.74, 6) is 0.627. The van der Waals surface area contributed by atoms with Crippen LogP contribution in [0.25, 0.3) is 22.6 Å². The van der Waals surface area contributed by atoms with Crippen LogP contribution in [0.15, 0.2) is 46.9 Å². The van der Waals surface area contributed by atoms with Crippen LogP contribution >= 0.6 is 22.6 Å². The first-order valence-corrected chi connectivity index (χ1v) is 6.22. The fourth-order valence-corrected chi connectivity index (χ4v) is 2.02. The van der Waals surface area contributed by atoms with E-state index in [1.54, 1.807) is 0 Å². The first-order chi connectivity index (χ1) is 8.22. The normalized spacial score (nSPS) is 10.9. The third-order valence-electron chi connectivity index (χ3n) is 2.50. The Hall–Kier alpha value is -1.56. The summed E-state index contributed by atoms with van der Waals surface area (Å²) in [6, 6.07) is 13.5. The molecule has 0 unspecified atom stereocenters. The number of hydrogen-bond acceptors (Lipinski definition) is 3. The van der Waals surface area contributed by atoms with Gasteiger partial charge in [0, 0.05) is 14.8 Å². The molecule has 2 aromatic carbocycles. The molecule has 0 saturated carbocycles. The lowest BCUT2D eigenvalue weighted by molar-refractivity contribution is 0.620. The highest BCUT2D eigenvalue weighted by Gasteiger charge is 2.07. The summed E-state index contributed by atoms with van der Waals surface area (Å²) >= 11 is 2.27. The second-order valence-corrected chi connectivity index (χ2v) is 5.00. The van der Waals surface area contributed by atoms with Crippen molar-refractivity contribution in [1.29, 1.82) is 0 Å². The number of nitrogen functional groups attached to an aromatic ring is 1. The van der Waals surface area contributed by atoms with Gasteiger partial charge in [-0.2, -0.15) is 0 Å². The summed E-state index contributed by atoms with van der Waals surface area (Å²) in [6.45, 7) is 0. The fourth-order valence-electron chi connectivity index (χ4n) is 1.66. The maximum atomic E-state index is 5.71. The Morgan fingerprint density at radius 2 is 1.82 bits per heavy atom. The maximum Gasteiger partial charge on any atom is 0.227 e. The van der Waals surface area contributed by atoms with Gasteiger partial charge in [0.1, 0.15) is 5.52 Å². The van der Waals surface area contributed by atoms with E-state index >= 15 is 0 Å². The zero-order valence-corrected chi connectivity index (χ0v) is 11.0. The number of fused-ring (bicyclic) bond motifs is 1. The lowest BCUT2D eigenvalue weighted by Crippen LogP contribution is -1.82. The van der Waals surface area contributed by atoms with Crippen LogP contribution in [0.5, 0.6) is 0 Å². The van der Waals surface area contributed by atoms with Crippen molar-refractivity contribution in [3.8, 4) is 11.5 Å². The average Bonchev–Trinajstić information content (AvgIpc) is 2.72.